The predicted octanol–water partition coefficient (Wildman–Crippen LogP) is 2.22. The van der Waals surface area contributed by atoms with Crippen LogP contribution >= 0.6 is 12.6 Å². The first-order valence-electron chi connectivity index (χ1n) is 3.03. The molecule has 3 nitrogen and oxygen atoms in total. The molecule has 0 spiro atoms. The SMILES string of the molecule is Sc1ncc(-c2ccoc2)o1. The van der Waals surface area contributed by atoms with Gasteiger partial charge in [0.15, 0.2) is 5.76 Å². The summed E-state index contributed by atoms with van der Waals surface area (Å²) in [5.74, 6) is 0.670. The first-order chi connectivity index (χ1) is 5.36. The minimum Gasteiger partial charge on any atom is -0.472 e. The Kier molecular flexibility index (Phi) is 1.47. The monoisotopic (exact) mass is 167 g/mol. The highest BCUT2D eigenvalue weighted by molar-refractivity contribution is 7.80. The van der Waals surface area contributed by atoms with Crippen LogP contribution in [0.25, 0.3) is 11.3 Å². The number of furan rings is 1. The highest BCUT2D eigenvalue weighted by Gasteiger charge is 2.03. The third-order valence-corrected chi connectivity index (χ3v) is 1.51. The van der Waals surface area contributed by atoms with Crippen molar-refractivity contribution >= 4 is 12.6 Å². The molecule has 0 saturated heterocycles. The molecule has 0 aromatic carbocycles. The molecule has 0 fully saturated rings. The Balaban J connectivity index is 2.45. The van der Waals surface area contributed by atoms with E-state index < -0.39 is 0 Å². The molecule has 2 aromatic rings. The average molecular weight is 167 g/mol. The molecule has 2 aromatic heterocycles. The zero-order valence-corrected chi connectivity index (χ0v) is 6.41. The lowest BCUT2D eigenvalue weighted by molar-refractivity contribution is 0.467. The summed E-state index contributed by atoms with van der Waals surface area (Å²) in [6.07, 6.45) is 4.77. The van der Waals surface area contributed by atoms with Crippen molar-refractivity contribution in [3.63, 3.8) is 0 Å². The van der Waals surface area contributed by atoms with E-state index in [1.54, 1.807) is 24.8 Å². The molecule has 0 atom stereocenters. The summed E-state index contributed by atoms with van der Waals surface area (Å²) in [5.41, 5.74) is 0.873. The number of nitrogens with zero attached hydrogens (tertiary/aromatic N) is 1. The van der Waals surface area contributed by atoms with Crippen molar-refractivity contribution in [2.75, 3.05) is 0 Å². The molecule has 0 bridgehead atoms. The fourth-order valence-electron chi connectivity index (χ4n) is 0.803. The van der Waals surface area contributed by atoms with Gasteiger partial charge in [0.1, 0.15) is 6.26 Å². The van der Waals surface area contributed by atoms with Crippen LogP contribution in [0, 0.1) is 0 Å². The first kappa shape index (κ1) is 6.54. The van der Waals surface area contributed by atoms with Crippen molar-refractivity contribution < 1.29 is 8.83 Å². The summed E-state index contributed by atoms with van der Waals surface area (Å²) in [5, 5.41) is 0.362. The van der Waals surface area contributed by atoms with Gasteiger partial charge in [-0.15, -0.1) is 0 Å². The van der Waals surface area contributed by atoms with Gasteiger partial charge in [0.05, 0.1) is 18.0 Å². The standard InChI is InChI=1S/C7H5NO2S/c11-7-8-3-6(10-7)5-1-2-9-4-5/h1-4H,(H,8,11). The molecule has 0 aliphatic carbocycles. The van der Waals surface area contributed by atoms with Gasteiger partial charge in [-0.3, -0.25) is 0 Å². The van der Waals surface area contributed by atoms with E-state index in [1.807, 2.05) is 0 Å². The van der Waals surface area contributed by atoms with Crippen LogP contribution in [0.4, 0.5) is 0 Å². The van der Waals surface area contributed by atoms with Crippen LogP contribution in [0.3, 0.4) is 0 Å². The van der Waals surface area contributed by atoms with Gasteiger partial charge >= 0.3 is 0 Å². The molecule has 0 unspecified atom stereocenters. The van der Waals surface area contributed by atoms with Crippen LogP contribution in [0.15, 0.2) is 38.8 Å². The maximum atomic E-state index is 5.12. The van der Waals surface area contributed by atoms with Gasteiger partial charge in [0.25, 0.3) is 5.22 Å². The summed E-state index contributed by atoms with van der Waals surface area (Å²) in [6, 6.07) is 1.80. The first-order valence-corrected chi connectivity index (χ1v) is 3.48. The number of hydrogen-bond acceptors (Lipinski definition) is 4. The fraction of sp³-hybridized carbons (Fsp3) is 0. The van der Waals surface area contributed by atoms with Crippen molar-refractivity contribution in [1.82, 2.24) is 4.98 Å². The van der Waals surface area contributed by atoms with Crippen LogP contribution in [0.5, 0.6) is 0 Å². The molecule has 0 aliphatic rings. The zero-order valence-electron chi connectivity index (χ0n) is 5.52. The van der Waals surface area contributed by atoms with E-state index in [9.17, 15) is 0 Å². The normalized spacial score (nSPS) is 10.3. The van der Waals surface area contributed by atoms with Crippen LogP contribution in [-0.2, 0) is 0 Å². The van der Waals surface area contributed by atoms with Crippen LogP contribution in [0.2, 0.25) is 0 Å². The molecule has 0 amide bonds. The van der Waals surface area contributed by atoms with Gasteiger partial charge in [-0.05, 0) is 6.07 Å². The van der Waals surface area contributed by atoms with Crippen LogP contribution in [0.1, 0.15) is 0 Å². The highest BCUT2D eigenvalue weighted by Crippen LogP contribution is 2.21. The summed E-state index contributed by atoms with van der Waals surface area (Å²) in [7, 11) is 0. The second-order valence-corrected chi connectivity index (χ2v) is 2.40. The quantitative estimate of drug-likeness (QED) is 0.662. The summed E-state index contributed by atoms with van der Waals surface area (Å²) in [4.78, 5) is 3.83. The number of oxazole rings is 1. The minimum atomic E-state index is 0.362. The second kappa shape index (κ2) is 2.47. The molecule has 2 heterocycles. The largest absolute Gasteiger partial charge is 0.472 e. The Labute approximate surface area is 68.5 Å². The number of rotatable bonds is 1. The van der Waals surface area contributed by atoms with E-state index in [0.717, 1.165) is 5.56 Å². The molecule has 2 rings (SSSR count). The Morgan fingerprint density at radius 1 is 1.45 bits per heavy atom. The lowest BCUT2D eigenvalue weighted by atomic mass is 10.3. The zero-order chi connectivity index (χ0) is 7.68. The molecular weight excluding hydrogens is 162 g/mol. The Hall–Kier alpha value is -1.16. The van der Waals surface area contributed by atoms with Gasteiger partial charge in [0.2, 0.25) is 0 Å². The molecule has 0 aliphatic heterocycles. The molecule has 11 heavy (non-hydrogen) atoms. The van der Waals surface area contributed by atoms with Crippen molar-refractivity contribution in [3.8, 4) is 11.3 Å². The smallest absolute Gasteiger partial charge is 0.252 e. The van der Waals surface area contributed by atoms with E-state index in [1.165, 1.54) is 0 Å². The van der Waals surface area contributed by atoms with Crippen molar-refractivity contribution in [2.24, 2.45) is 0 Å². The summed E-state index contributed by atoms with van der Waals surface area (Å²) in [6.45, 7) is 0. The Morgan fingerprint density at radius 2 is 2.36 bits per heavy atom. The molecule has 0 radical (unpaired) electrons. The predicted molar refractivity (Wildman–Crippen MR) is 41.5 cm³/mol. The van der Waals surface area contributed by atoms with E-state index in [-0.39, 0.29) is 0 Å². The second-order valence-electron chi connectivity index (χ2n) is 2.02. The maximum Gasteiger partial charge on any atom is 0.252 e. The van der Waals surface area contributed by atoms with E-state index in [0.29, 0.717) is 11.0 Å². The molecule has 0 saturated carbocycles. The van der Waals surface area contributed by atoms with Crippen LogP contribution < -0.4 is 0 Å². The number of thiol groups is 1. The minimum absolute atomic E-state index is 0.362. The lowest BCUT2D eigenvalue weighted by Crippen LogP contribution is -1.62. The Bertz CT molecular complexity index is 339. The number of hydrogen-bond donors (Lipinski definition) is 1. The van der Waals surface area contributed by atoms with Gasteiger partial charge < -0.3 is 8.83 Å². The van der Waals surface area contributed by atoms with Gasteiger partial charge in [-0.25, -0.2) is 4.98 Å². The molecular formula is C7H5NO2S. The van der Waals surface area contributed by atoms with Gasteiger partial charge in [0, 0.05) is 0 Å². The van der Waals surface area contributed by atoms with E-state index in [2.05, 4.69) is 17.6 Å². The highest BCUT2D eigenvalue weighted by atomic mass is 32.1. The topological polar surface area (TPSA) is 39.2 Å². The van der Waals surface area contributed by atoms with E-state index >= 15 is 0 Å². The lowest BCUT2D eigenvalue weighted by Gasteiger charge is -1.83. The summed E-state index contributed by atoms with van der Waals surface area (Å²) >= 11 is 3.93. The molecule has 0 N–H and O–H groups in total. The third kappa shape index (κ3) is 1.17. The fourth-order valence-corrected chi connectivity index (χ4v) is 0.959. The molecule has 4 heteroatoms. The van der Waals surface area contributed by atoms with Crippen LogP contribution in [-0.4, -0.2) is 4.98 Å². The number of aromatic nitrogens is 1. The third-order valence-electron chi connectivity index (χ3n) is 1.30. The van der Waals surface area contributed by atoms with Crippen molar-refractivity contribution in [1.29, 1.82) is 0 Å². The molecule has 56 valence electrons. The van der Waals surface area contributed by atoms with Gasteiger partial charge in [-0.2, -0.15) is 0 Å². The van der Waals surface area contributed by atoms with Crippen molar-refractivity contribution in [3.05, 3.63) is 24.8 Å². The Morgan fingerprint density at radius 3 is 2.91 bits per heavy atom. The maximum absolute atomic E-state index is 5.12. The van der Waals surface area contributed by atoms with E-state index in [4.69, 9.17) is 8.83 Å². The van der Waals surface area contributed by atoms with Gasteiger partial charge in [-0.1, -0.05) is 12.6 Å². The summed E-state index contributed by atoms with van der Waals surface area (Å²) < 4.78 is 9.99. The van der Waals surface area contributed by atoms with Crippen molar-refractivity contribution in [2.45, 2.75) is 5.22 Å². The average Bonchev–Trinajstić information content (AvgIpc) is 2.55.